The lowest BCUT2D eigenvalue weighted by Crippen LogP contribution is -2.30. The lowest BCUT2D eigenvalue weighted by molar-refractivity contribution is -0.161. The lowest BCUT2D eigenvalue weighted by Gasteiger charge is -2.21. The first kappa shape index (κ1) is 101. The van der Waals surface area contributed by atoms with Crippen molar-refractivity contribution in [3.63, 3.8) is 0 Å². The fourth-order valence-electron chi connectivity index (χ4n) is 13.0. The molecule has 0 aromatic carbocycles. The maximum atomic E-state index is 13.1. The van der Waals surface area contributed by atoms with Gasteiger partial charge in [0.15, 0.2) is 12.2 Å². The third kappa shape index (κ3) is 76.6. The molecule has 0 radical (unpaired) electrons. The number of hydrogen-bond donors (Lipinski definition) is 3. The Hall–Kier alpha value is -1.94. The average molecular weight is 1510 g/mol. The van der Waals surface area contributed by atoms with Gasteiger partial charge in [-0.25, -0.2) is 9.13 Å². The molecule has 17 nitrogen and oxygen atoms in total. The summed E-state index contributed by atoms with van der Waals surface area (Å²) in [5.41, 5.74) is 0. The summed E-state index contributed by atoms with van der Waals surface area (Å²) in [5.74, 6) is -0.505. The van der Waals surface area contributed by atoms with Crippen molar-refractivity contribution in [1.29, 1.82) is 0 Å². The fourth-order valence-corrected chi connectivity index (χ4v) is 14.6. The molecular formula is C84H164O17P2. The van der Waals surface area contributed by atoms with Crippen LogP contribution < -0.4 is 0 Å². The molecule has 0 bridgehead atoms. The minimum atomic E-state index is -4.96. The summed E-state index contributed by atoms with van der Waals surface area (Å²) in [6.45, 7) is 9.64. The predicted molar refractivity (Wildman–Crippen MR) is 423 cm³/mol. The molecule has 0 fully saturated rings. The number of aliphatic hydroxyl groups is 1. The molecule has 0 saturated carbocycles. The summed E-state index contributed by atoms with van der Waals surface area (Å²) < 4.78 is 68.6. The first-order valence-electron chi connectivity index (χ1n) is 43.5. The molecule has 0 aliphatic heterocycles. The van der Waals surface area contributed by atoms with Gasteiger partial charge in [-0.3, -0.25) is 37.3 Å². The number of hydrogen-bond acceptors (Lipinski definition) is 15. The van der Waals surface area contributed by atoms with Crippen LogP contribution in [0.4, 0.5) is 0 Å². The molecule has 0 aliphatic rings. The van der Waals surface area contributed by atoms with E-state index in [4.69, 9.17) is 37.0 Å². The van der Waals surface area contributed by atoms with Gasteiger partial charge in [0.2, 0.25) is 0 Å². The zero-order valence-electron chi connectivity index (χ0n) is 67.6. The Morgan fingerprint density at radius 3 is 0.738 bits per heavy atom. The number of phosphoric ester groups is 2. The van der Waals surface area contributed by atoms with Crippen LogP contribution in [-0.2, 0) is 65.4 Å². The number of carbonyl (C=O) groups is 4. The van der Waals surface area contributed by atoms with E-state index in [1.54, 1.807) is 0 Å². The number of aliphatic hydroxyl groups excluding tert-OH is 1. The van der Waals surface area contributed by atoms with E-state index in [-0.39, 0.29) is 25.7 Å². The smallest absolute Gasteiger partial charge is 0.462 e. The molecule has 3 unspecified atom stereocenters. The minimum Gasteiger partial charge on any atom is -0.462 e. The molecule has 0 aromatic rings. The topological polar surface area (TPSA) is 237 Å². The van der Waals surface area contributed by atoms with Crippen LogP contribution in [0.1, 0.15) is 446 Å². The van der Waals surface area contributed by atoms with E-state index in [9.17, 15) is 43.2 Å². The number of esters is 4. The van der Waals surface area contributed by atoms with E-state index < -0.39 is 97.5 Å². The molecule has 3 N–H and O–H groups in total. The second-order valence-electron chi connectivity index (χ2n) is 30.9. The number of ether oxygens (including phenoxy) is 4. The van der Waals surface area contributed by atoms with Crippen molar-refractivity contribution < 1.29 is 80.2 Å². The molecular weight excluding hydrogens is 1340 g/mol. The zero-order valence-corrected chi connectivity index (χ0v) is 69.4. The number of unbranched alkanes of at least 4 members (excludes halogenated alkanes) is 52. The van der Waals surface area contributed by atoms with E-state index in [2.05, 4.69) is 41.5 Å². The summed E-state index contributed by atoms with van der Waals surface area (Å²) in [5, 5.41) is 10.6. The standard InChI is InChI=1S/C84H164O17P2/c1-7-10-12-14-16-17-18-19-20-21-22-23-24-25-29-32-35-38-43-49-55-61-67-82(87)95-73-80(101-83(88)68-62-56-50-44-39-36-33-30-27-26-28-31-34-37-42-48-53-59-65-77(6)9-3)75-99-103(92,93)97-71-78(85)70-96-102(90,91)98-74-79(72-94-81(86)66-60-54-46-15-13-11-8-2)100-84(89)69-63-57-51-45-40-41-47-52-58-64-76(4)5/h76-80,85H,7-75H2,1-6H3,(H,90,91)(H,92,93)/t77?,78-,79+,80+/m0/s1. The largest absolute Gasteiger partial charge is 0.472 e. The van der Waals surface area contributed by atoms with Crippen LogP contribution in [0.15, 0.2) is 0 Å². The highest BCUT2D eigenvalue weighted by atomic mass is 31.2. The van der Waals surface area contributed by atoms with Gasteiger partial charge in [0, 0.05) is 25.7 Å². The summed E-state index contributed by atoms with van der Waals surface area (Å²) in [7, 11) is -9.92. The van der Waals surface area contributed by atoms with Gasteiger partial charge in [-0.05, 0) is 37.5 Å². The Bertz CT molecular complexity index is 1980. The molecule has 0 aromatic heterocycles. The second kappa shape index (κ2) is 75.5. The quantitative estimate of drug-likeness (QED) is 0.0222. The highest BCUT2D eigenvalue weighted by molar-refractivity contribution is 7.47. The van der Waals surface area contributed by atoms with Crippen LogP contribution in [0, 0.1) is 11.8 Å². The third-order valence-electron chi connectivity index (χ3n) is 20.1. The number of rotatable bonds is 83. The van der Waals surface area contributed by atoms with Gasteiger partial charge in [-0.15, -0.1) is 0 Å². The van der Waals surface area contributed by atoms with Crippen molar-refractivity contribution in [3.05, 3.63) is 0 Å². The normalized spacial score (nSPS) is 14.1. The van der Waals surface area contributed by atoms with Gasteiger partial charge >= 0.3 is 39.5 Å². The molecule has 0 heterocycles. The van der Waals surface area contributed by atoms with Crippen LogP contribution in [0.2, 0.25) is 0 Å². The maximum absolute atomic E-state index is 13.1. The monoisotopic (exact) mass is 1510 g/mol. The van der Waals surface area contributed by atoms with Crippen molar-refractivity contribution in [2.45, 2.75) is 464 Å². The Labute approximate surface area is 632 Å². The van der Waals surface area contributed by atoms with Gasteiger partial charge in [-0.2, -0.15) is 0 Å². The van der Waals surface area contributed by atoms with Crippen molar-refractivity contribution in [3.8, 4) is 0 Å². The lowest BCUT2D eigenvalue weighted by atomic mass is 9.99. The summed E-state index contributed by atoms with van der Waals surface area (Å²) in [6, 6.07) is 0. The zero-order chi connectivity index (χ0) is 75.6. The van der Waals surface area contributed by atoms with Crippen molar-refractivity contribution >= 4 is 39.5 Å². The van der Waals surface area contributed by atoms with Gasteiger partial charge < -0.3 is 33.8 Å². The predicted octanol–water partition coefficient (Wildman–Crippen LogP) is 25.5. The Morgan fingerprint density at radius 1 is 0.282 bits per heavy atom. The van der Waals surface area contributed by atoms with E-state index in [1.165, 1.54) is 250 Å². The summed E-state index contributed by atoms with van der Waals surface area (Å²) >= 11 is 0. The summed E-state index contributed by atoms with van der Waals surface area (Å²) in [6.07, 6.45) is 67.1. The minimum absolute atomic E-state index is 0.105. The molecule has 0 saturated heterocycles. The van der Waals surface area contributed by atoms with Crippen LogP contribution in [0.5, 0.6) is 0 Å². The second-order valence-corrected chi connectivity index (χ2v) is 33.8. The molecule has 0 spiro atoms. The molecule has 6 atom stereocenters. The van der Waals surface area contributed by atoms with E-state index in [0.29, 0.717) is 25.7 Å². The van der Waals surface area contributed by atoms with E-state index >= 15 is 0 Å². The SMILES string of the molecule is CCCCCCCCCCCCCCCCCCCCCCCCC(=O)OC[C@H](COP(=O)(O)OC[C@@H](O)COP(=O)(O)OC[C@@H](COC(=O)CCCCCCCCC)OC(=O)CCCCCCCCCCCC(C)C)OC(=O)CCCCCCCCCCCCCCCCCCCCC(C)CC. The molecule has 0 amide bonds. The molecule has 0 rings (SSSR count). The summed E-state index contributed by atoms with van der Waals surface area (Å²) in [4.78, 5) is 72.9. The highest BCUT2D eigenvalue weighted by Crippen LogP contribution is 2.45. The molecule has 0 aliphatic carbocycles. The van der Waals surface area contributed by atoms with Crippen LogP contribution in [0.25, 0.3) is 0 Å². The van der Waals surface area contributed by atoms with E-state index in [0.717, 1.165) is 115 Å². The van der Waals surface area contributed by atoms with Crippen LogP contribution >= 0.6 is 15.6 Å². The molecule has 612 valence electrons. The Morgan fingerprint density at radius 2 is 0.495 bits per heavy atom. The Balaban J connectivity index is 5.14. The van der Waals surface area contributed by atoms with Gasteiger partial charge in [0.05, 0.1) is 26.4 Å². The number of carbonyl (C=O) groups excluding carboxylic acids is 4. The fraction of sp³-hybridized carbons (Fsp3) is 0.952. The van der Waals surface area contributed by atoms with Gasteiger partial charge in [0.25, 0.3) is 0 Å². The first-order valence-corrected chi connectivity index (χ1v) is 46.5. The maximum Gasteiger partial charge on any atom is 0.472 e. The van der Waals surface area contributed by atoms with Gasteiger partial charge in [-0.1, -0.05) is 395 Å². The Kier molecular flexibility index (Phi) is 74.1. The first-order chi connectivity index (χ1) is 49.9. The van der Waals surface area contributed by atoms with Crippen LogP contribution in [-0.4, -0.2) is 96.7 Å². The average Bonchev–Trinajstić information content (AvgIpc) is 0.988. The van der Waals surface area contributed by atoms with Crippen LogP contribution in [0.3, 0.4) is 0 Å². The van der Waals surface area contributed by atoms with Gasteiger partial charge in [0.1, 0.15) is 19.3 Å². The van der Waals surface area contributed by atoms with Crippen molar-refractivity contribution in [1.82, 2.24) is 0 Å². The molecule has 19 heteroatoms. The van der Waals surface area contributed by atoms with E-state index in [1.807, 2.05) is 0 Å². The molecule has 103 heavy (non-hydrogen) atoms. The highest BCUT2D eigenvalue weighted by Gasteiger charge is 2.30. The van der Waals surface area contributed by atoms with Crippen molar-refractivity contribution in [2.75, 3.05) is 39.6 Å². The van der Waals surface area contributed by atoms with Crippen molar-refractivity contribution in [2.24, 2.45) is 11.8 Å². The third-order valence-corrected chi connectivity index (χ3v) is 22.0. The number of phosphoric acid groups is 2.